The zero-order valence-electron chi connectivity index (χ0n) is 16.9. The van der Waals surface area contributed by atoms with Crippen LogP contribution in [0.5, 0.6) is 5.75 Å². The van der Waals surface area contributed by atoms with Gasteiger partial charge in [0, 0.05) is 19.1 Å². The molecule has 0 amide bonds. The first-order valence-electron chi connectivity index (χ1n) is 9.99. The molecule has 1 unspecified atom stereocenters. The van der Waals surface area contributed by atoms with E-state index in [1.807, 2.05) is 24.3 Å². The predicted molar refractivity (Wildman–Crippen MR) is 119 cm³/mol. The van der Waals surface area contributed by atoms with Crippen LogP contribution in [0.25, 0.3) is 11.0 Å². The van der Waals surface area contributed by atoms with E-state index >= 15 is 0 Å². The number of anilines is 4. The quantitative estimate of drug-likeness (QED) is 0.444. The molecule has 5 heterocycles. The summed E-state index contributed by atoms with van der Waals surface area (Å²) in [6.45, 7) is 0.842. The highest BCUT2D eigenvalue weighted by molar-refractivity contribution is 7.15. The molecule has 10 heteroatoms. The average molecular weight is 436 g/mol. The van der Waals surface area contributed by atoms with Gasteiger partial charge >= 0.3 is 0 Å². The molecule has 4 aromatic heterocycles. The highest BCUT2D eigenvalue weighted by atomic mass is 32.1. The van der Waals surface area contributed by atoms with Crippen molar-refractivity contribution in [2.45, 2.75) is 25.4 Å². The normalized spacial score (nSPS) is 15.8. The number of hydrogen-bond donors (Lipinski definition) is 2. The first-order chi connectivity index (χ1) is 15.2. The number of pyridine rings is 3. The van der Waals surface area contributed by atoms with E-state index < -0.39 is 0 Å². The summed E-state index contributed by atoms with van der Waals surface area (Å²) in [6.07, 6.45) is 8.42. The zero-order valence-corrected chi connectivity index (χ0v) is 17.7. The number of nitrogens with zero attached hydrogens (tertiary/aromatic N) is 5. The van der Waals surface area contributed by atoms with Gasteiger partial charge in [0.25, 0.3) is 0 Å². The smallest absolute Gasteiger partial charge is 0.211 e. The van der Waals surface area contributed by atoms with Crippen molar-refractivity contribution in [1.29, 1.82) is 0 Å². The summed E-state index contributed by atoms with van der Waals surface area (Å²) < 4.78 is 10.9. The molecule has 0 aliphatic carbocycles. The molecule has 0 saturated carbocycles. The van der Waals surface area contributed by atoms with Crippen LogP contribution in [0.4, 0.5) is 22.3 Å². The van der Waals surface area contributed by atoms with Crippen LogP contribution in [0, 0.1) is 0 Å². The van der Waals surface area contributed by atoms with Crippen molar-refractivity contribution in [3.05, 3.63) is 47.9 Å². The monoisotopic (exact) mass is 435 g/mol. The van der Waals surface area contributed by atoms with Gasteiger partial charge in [-0.15, -0.1) is 10.2 Å². The number of ether oxygens (including phenoxy) is 2. The van der Waals surface area contributed by atoms with E-state index in [1.165, 1.54) is 11.3 Å². The number of aromatic nitrogens is 5. The maximum atomic E-state index is 5.68. The lowest BCUT2D eigenvalue weighted by Crippen LogP contribution is -2.08. The van der Waals surface area contributed by atoms with E-state index in [4.69, 9.17) is 9.47 Å². The van der Waals surface area contributed by atoms with E-state index in [2.05, 4.69) is 35.8 Å². The molecule has 0 spiro atoms. The third kappa shape index (κ3) is 4.70. The molecule has 1 aliphatic rings. The van der Waals surface area contributed by atoms with Gasteiger partial charge in [0.2, 0.25) is 5.13 Å². The molecule has 1 saturated heterocycles. The van der Waals surface area contributed by atoms with Gasteiger partial charge in [-0.3, -0.25) is 9.97 Å². The van der Waals surface area contributed by atoms with Crippen LogP contribution in [0.15, 0.2) is 42.9 Å². The molecule has 4 aromatic rings. The molecule has 0 radical (unpaired) electrons. The highest BCUT2D eigenvalue weighted by Gasteiger charge is 2.18. The Morgan fingerprint density at radius 1 is 1.10 bits per heavy atom. The second kappa shape index (κ2) is 8.78. The zero-order chi connectivity index (χ0) is 21.0. The number of nitrogens with one attached hydrogen (secondary N) is 2. The minimum Gasteiger partial charge on any atom is -0.495 e. The molecule has 1 fully saturated rings. The van der Waals surface area contributed by atoms with Crippen LogP contribution < -0.4 is 15.4 Å². The molecule has 2 N–H and O–H groups in total. The van der Waals surface area contributed by atoms with Crippen LogP contribution in [0.3, 0.4) is 0 Å². The number of hydrogen-bond acceptors (Lipinski definition) is 10. The third-order valence-corrected chi connectivity index (χ3v) is 5.76. The van der Waals surface area contributed by atoms with Gasteiger partial charge in [-0.2, -0.15) is 0 Å². The Morgan fingerprint density at radius 2 is 2.03 bits per heavy atom. The lowest BCUT2D eigenvalue weighted by atomic mass is 10.2. The second-order valence-electron chi connectivity index (χ2n) is 7.16. The fourth-order valence-corrected chi connectivity index (χ4v) is 4.22. The van der Waals surface area contributed by atoms with Crippen LogP contribution in [-0.2, 0) is 11.2 Å². The first kappa shape index (κ1) is 19.6. The topological polar surface area (TPSA) is 107 Å². The van der Waals surface area contributed by atoms with Gasteiger partial charge < -0.3 is 20.1 Å². The summed E-state index contributed by atoms with van der Waals surface area (Å²) in [5.74, 6) is 1.37. The van der Waals surface area contributed by atoms with E-state index in [1.54, 1.807) is 25.7 Å². The largest absolute Gasteiger partial charge is 0.495 e. The summed E-state index contributed by atoms with van der Waals surface area (Å²) in [7, 11) is 1.61. The SMILES string of the molecule is COc1cncc(Nc2cnc3ccc(Nc4nnc(CC5CCCO5)s4)nc3c2)c1. The summed E-state index contributed by atoms with van der Waals surface area (Å²) in [5.41, 5.74) is 3.18. The van der Waals surface area contributed by atoms with Crippen molar-refractivity contribution in [1.82, 2.24) is 25.1 Å². The molecule has 0 bridgehead atoms. The van der Waals surface area contributed by atoms with Gasteiger partial charge in [-0.1, -0.05) is 11.3 Å². The Balaban J connectivity index is 1.31. The standard InChI is InChI=1S/C21H21N7O2S/c1-29-16-7-13(10-22-12-16)24-14-8-18-17(23-11-14)4-5-19(25-18)26-21-28-27-20(31-21)9-15-3-2-6-30-15/h4-5,7-8,10-12,15,24H,2-3,6,9H2,1H3,(H,25,26,28). The van der Waals surface area contributed by atoms with Crippen molar-refractivity contribution in [3.8, 4) is 5.75 Å². The van der Waals surface area contributed by atoms with Crippen molar-refractivity contribution in [2.75, 3.05) is 24.4 Å². The molecular formula is C21H21N7O2S. The minimum absolute atomic E-state index is 0.261. The Bertz CT molecular complexity index is 1190. The maximum absolute atomic E-state index is 5.68. The predicted octanol–water partition coefficient (Wildman–Crippen LogP) is 4.09. The molecule has 158 valence electrons. The van der Waals surface area contributed by atoms with Crippen LogP contribution >= 0.6 is 11.3 Å². The second-order valence-corrected chi connectivity index (χ2v) is 8.22. The highest BCUT2D eigenvalue weighted by Crippen LogP contribution is 2.26. The summed E-state index contributed by atoms with van der Waals surface area (Å²) >= 11 is 1.53. The molecule has 9 nitrogen and oxygen atoms in total. The molecule has 1 atom stereocenters. The number of methoxy groups -OCH3 is 1. The minimum atomic E-state index is 0.261. The van der Waals surface area contributed by atoms with Gasteiger partial charge in [-0.05, 0) is 31.0 Å². The Morgan fingerprint density at radius 3 is 2.90 bits per heavy atom. The first-order valence-corrected chi connectivity index (χ1v) is 10.8. The van der Waals surface area contributed by atoms with Crippen molar-refractivity contribution < 1.29 is 9.47 Å². The van der Waals surface area contributed by atoms with E-state index in [0.717, 1.165) is 53.3 Å². The van der Waals surface area contributed by atoms with Crippen molar-refractivity contribution >= 4 is 44.7 Å². The Labute approximate surface area is 182 Å². The van der Waals surface area contributed by atoms with E-state index in [9.17, 15) is 0 Å². The van der Waals surface area contributed by atoms with Gasteiger partial charge in [0.05, 0.1) is 54.2 Å². The molecule has 0 aromatic carbocycles. The lowest BCUT2D eigenvalue weighted by Gasteiger charge is -2.08. The summed E-state index contributed by atoms with van der Waals surface area (Å²) in [4.78, 5) is 13.3. The Kier molecular flexibility index (Phi) is 5.55. The molecular weight excluding hydrogens is 414 g/mol. The molecule has 31 heavy (non-hydrogen) atoms. The van der Waals surface area contributed by atoms with Gasteiger partial charge in [0.1, 0.15) is 16.6 Å². The Hall–Kier alpha value is -3.37. The summed E-state index contributed by atoms with van der Waals surface area (Å²) in [5, 5.41) is 16.7. The number of rotatable bonds is 7. The molecule has 1 aliphatic heterocycles. The van der Waals surface area contributed by atoms with E-state index in [0.29, 0.717) is 16.7 Å². The van der Waals surface area contributed by atoms with Gasteiger partial charge in [-0.25, -0.2) is 4.98 Å². The lowest BCUT2D eigenvalue weighted by molar-refractivity contribution is 0.111. The molecule has 5 rings (SSSR count). The number of fused-ring (bicyclic) bond motifs is 1. The van der Waals surface area contributed by atoms with E-state index in [-0.39, 0.29) is 6.10 Å². The van der Waals surface area contributed by atoms with Crippen molar-refractivity contribution in [2.24, 2.45) is 0 Å². The third-order valence-electron chi connectivity index (χ3n) is 4.90. The van der Waals surface area contributed by atoms with Crippen molar-refractivity contribution in [3.63, 3.8) is 0 Å². The summed E-state index contributed by atoms with van der Waals surface area (Å²) in [6, 6.07) is 7.62. The van der Waals surface area contributed by atoms with Crippen LogP contribution in [-0.4, -0.2) is 45.0 Å². The average Bonchev–Trinajstić information content (AvgIpc) is 3.46. The van der Waals surface area contributed by atoms with Gasteiger partial charge in [0.15, 0.2) is 0 Å². The van der Waals surface area contributed by atoms with Crippen LogP contribution in [0.1, 0.15) is 17.8 Å². The fourth-order valence-electron chi connectivity index (χ4n) is 3.41. The van der Waals surface area contributed by atoms with Crippen LogP contribution in [0.2, 0.25) is 0 Å². The fraction of sp³-hybridized carbons (Fsp3) is 0.286. The maximum Gasteiger partial charge on any atom is 0.211 e.